The van der Waals surface area contributed by atoms with Gasteiger partial charge in [-0.25, -0.2) is 4.57 Å². The summed E-state index contributed by atoms with van der Waals surface area (Å²) in [5, 5.41) is 13.4. The van der Waals surface area contributed by atoms with Crippen LogP contribution in [0.4, 0.5) is 0 Å². The lowest BCUT2D eigenvalue weighted by atomic mass is 9.89. The van der Waals surface area contributed by atoms with Gasteiger partial charge in [0.1, 0.15) is 12.6 Å². The van der Waals surface area contributed by atoms with Crippen molar-refractivity contribution in [1.29, 1.82) is 0 Å². The molecular weight excluding hydrogens is 324 g/mol. The number of aromatic nitrogens is 1. The van der Waals surface area contributed by atoms with Gasteiger partial charge in [0.15, 0.2) is 18.7 Å². The molecule has 7 heteroatoms. The zero-order chi connectivity index (χ0) is 18.2. The van der Waals surface area contributed by atoms with E-state index in [1.54, 1.807) is 7.11 Å². The summed E-state index contributed by atoms with van der Waals surface area (Å²) in [6, 6.07) is 5.27. The number of nitrogens with zero attached hydrogens (tertiary/aromatic N) is 1. The third kappa shape index (κ3) is 5.47. The Morgan fingerprint density at radius 1 is 1.28 bits per heavy atom. The summed E-state index contributed by atoms with van der Waals surface area (Å²) in [7, 11) is 3.09. The van der Waals surface area contributed by atoms with Gasteiger partial charge < -0.3 is 24.6 Å². The van der Waals surface area contributed by atoms with E-state index >= 15 is 0 Å². The molecule has 7 nitrogen and oxygen atoms in total. The van der Waals surface area contributed by atoms with Crippen LogP contribution in [0.3, 0.4) is 0 Å². The van der Waals surface area contributed by atoms with Gasteiger partial charge in [-0.3, -0.25) is 4.79 Å². The van der Waals surface area contributed by atoms with Gasteiger partial charge in [-0.05, 0) is 0 Å². The van der Waals surface area contributed by atoms with Crippen LogP contribution >= 0.6 is 0 Å². The highest BCUT2D eigenvalue weighted by Gasteiger charge is 2.43. The summed E-state index contributed by atoms with van der Waals surface area (Å²) in [5.41, 5.74) is 0. The molecule has 1 fully saturated rings. The Hall–Kier alpha value is -1.54. The van der Waals surface area contributed by atoms with Crippen LogP contribution in [0.15, 0.2) is 30.6 Å². The zero-order valence-corrected chi connectivity index (χ0v) is 15.1. The smallest absolute Gasteiger partial charge is 0.220 e. The molecule has 1 aromatic rings. The maximum absolute atomic E-state index is 12.3. The second-order valence-corrected chi connectivity index (χ2v) is 6.39. The maximum Gasteiger partial charge on any atom is 0.220 e. The second kappa shape index (κ2) is 9.82. The average molecular weight is 353 g/mol. The molecule has 5 unspecified atom stereocenters. The Bertz CT molecular complexity index is 525. The van der Waals surface area contributed by atoms with Crippen LogP contribution in [0.5, 0.6) is 0 Å². The minimum absolute atomic E-state index is 0.122. The molecule has 5 atom stereocenters. The molecule has 2 N–H and O–H groups in total. The van der Waals surface area contributed by atoms with Gasteiger partial charge in [0.25, 0.3) is 0 Å². The fourth-order valence-electron chi connectivity index (χ4n) is 3.06. The molecule has 25 heavy (non-hydrogen) atoms. The molecule has 0 spiro atoms. The van der Waals surface area contributed by atoms with Gasteiger partial charge >= 0.3 is 0 Å². The van der Waals surface area contributed by atoms with Gasteiger partial charge in [0, 0.05) is 45.1 Å². The van der Waals surface area contributed by atoms with Crippen molar-refractivity contribution in [2.75, 3.05) is 20.8 Å². The van der Waals surface area contributed by atoms with E-state index in [2.05, 4.69) is 5.32 Å². The summed E-state index contributed by atoms with van der Waals surface area (Å²) in [5.74, 6) is -0.292. The Morgan fingerprint density at radius 3 is 2.64 bits per heavy atom. The third-order valence-electron chi connectivity index (χ3n) is 4.58. The molecule has 0 saturated carbocycles. The van der Waals surface area contributed by atoms with Gasteiger partial charge in [0.2, 0.25) is 5.91 Å². The predicted molar refractivity (Wildman–Crippen MR) is 90.5 cm³/mol. The second-order valence-electron chi connectivity index (χ2n) is 6.39. The molecule has 1 amide bonds. The van der Waals surface area contributed by atoms with E-state index in [4.69, 9.17) is 14.2 Å². The van der Waals surface area contributed by atoms with E-state index in [0.29, 0.717) is 19.4 Å². The molecule has 1 aliphatic heterocycles. The molecule has 0 bridgehead atoms. The number of hydrogen-bond acceptors (Lipinski definition) is 5. The third-order valence-corrected chi connectivity index (χ3v) is 4.58. The number of rotatable bonds is 8. The first-order valence-corrected chi connectivity index (χ1v) is 8.65. The van der Waals surface area contributed by atoms with Crippen molar-refractivity contribution in [3.05, 3.63) is 30.6 Å². The number of hydrogen-bond donors (Lipinski definition) is 2. The molecule has 1 aromatic heterocycles. The molecule has 140 valence electrons. The summed E-state index contributed by atoms with van der Waals surface area (Å²) >= 11 is 0. The van der Waals surface area contributed by atoms with Crippen LogP contribution in [0.25, 0.3) is 0 Å². The number of ether oxygens (including phenoxy) is 3. The van der Waals surface area contributed by atoms with Crippen LogP contribution in [-0.2, 0) is 25.5 Å². The molecule has 1 saturated heterocycles. The highest BCUT2D eigenvalue weighted by molar-refractivity contribution is 5.76. The minimum Gasteiger partial charge on any atom is -0.390 e. The van der Waals surface area contributed by atoms with Crippen molar-refractivity contribution in [1.82, 2.24) is 5.32 Å². The highest BCUT2D eigenvalue weighted by atomic mass is 16.7. The number of pyridine rings is 1. The number of aliphatic hydroxyl groups is 1. The van der Waals surface area contributed by atoms with Crippen molar-refractivity contribution in [3.8, 4) is 0 Å². The van der Waals surface area contributed by atoms with E-state index < -0.39 is 18.4 Å². The highest BCUT2D eigenvalue weighted by Crippen LogP contribution is 2.26. The van der Waals surface area contributed by atoms with Crippen LogP contribution in [0, 0.1) is 5.92 Å². The lowest BCUT2D eigenvalue weighted by molar-refractivity contribution is -0.697. The Kier molecular flexibility index (Phi) is 7.77. The molecule has 0 aliphatic carbocycles. The van der Waals surface area contributed by atoms with Crippen molar-refractivity contribution >= 4 is 5.91 Å². The predicted octanol–water partition coefficient (Wildman–Crippen LogP) is 0.254. The van der Waals surface area contributed by atoms with Crippen molar-refractivity contribution in [3.63, 3.8) is 0 Å². The van der Waals surface area contributed by atoms with Gasteiger partial charge in [0.05, 0.1) is 18.8 Å². The lowest BCUT2D eigenvalue weighted by Gasteiger charge is -2.43. The number of carbonyl (C=O) groups excluding carboxylic acids is 1. The molecule has 0 aromatic carbocycles. The van der Waals surface area contributed by atoms with Crippen LogP contribution in [-0.4, -0.2) is 56.4 Å². The van der Waals surface area contributed by atoms with Crippen LogP contribution in [0.1, 0.15) is 19.8 Å². The van der Waals surface area contributed by atoms with Gasteiger partial charge in [-0.15, -0.1) is 0 Å². The van der Waals surface area contributed by atoms with E-state index in [1.165, 1.54) is 7.11 Å². The van der Waals surface area contributed by atoms with Crippen molar-refractivity contribution < 1.29 is 28.7 Å². The number of aryl methyl sites for hydroxylation is 1. The normalized spacial score (nSPS) is 29.4. The lowest BCUT2D eigenvalue weighted by Crippen LogP contribution is -2.61. The average Bonchev–Trinajstić information content (AvgIpc) is 2.62. The first kappa shape index (κ1) is 19.8. The van der Waals surface area contributed by atoms with Gasteiger partial charge in [-0.2, -0.15) is 0 Å². The number of amides is 1. The van der Waals surface area contributed by atoms with Crippen LogP contribution < -0.4 is 9.88 Å². The van der Waals surface area contributed by atoms with E-state index in [0.717, 1.165) is 6.54 Å². The van der Waals surface area contributed by atoms with E-state index in [-0.39, 0.29) is 17.9 Å². The summed E-state index contributed by atoms with van der Waals surface area (Å²) in [6.45, 7) is 3.01. The van der Waals surface area contributed by atoms with Gasteiger partial charge in [-0.1, -0.05) is 13.0 Å². The first-order valence-electron chi connectivity index (χ1n) is 8.65. The largest absolute Gasteiger partial charge is 0.390 e. The number of carbonyl (C=O) groups is 1. The molecule has 2 rings (SSSR count). The fourth-order valence-corrected chi connectivity index (χ4v) is 3.06. The monoisotopic (exact) mass is 353 g/mol. The Morgan fingerprint density at radius 2 is 2.00 bits per heavy atom. The Labute approximate surface area is 148 Å². The number of nitrogens with one attached hydrogen (secondary N) is 1. The molecule has 2 heterocycles. The standard InChI is InChI=1S/C18H28N2O5/c1-13-14(12-23-2)25-18(24-3)16(17(13)22)19-15(21)8-7-11-20-9-5-4-6-10-20/h4-6,9-10,13-14,16-18,22H,7-8,11-12H2,1-3H3/p+1. The van der Waals surface area contributed by atoms with Crippen LogP contribution in [0.2, 0.25) is 0 Å². The quantitative estimate of drug-likeness (QED) is 0.655. The maximum atomic E-state index is 12.3. The van der Waals surface area contributed by atoms with E-state index in [1.807, 2.05) is 42.1 Å². The fraction of sp³-hybridized carbons (Fsp3) is 0.667. The first-order chi connectivity index (χ1) is 12.1. The molecular formula is C18H29N2O5+. The summed E-state index contributed by atoms with van der Waals surface area (Å²) in [4.78, 5) is 12.3. The number of methoxy groups -OCH3 is 2. The SMILES string of the molecule is COCC1OC(OC)C(NC(=O)CCC[n+]2ccccc2)C(O)C1C. The molecule has 0 radical (unpaired) electrons. The summed E-state index contributed by atoms with van der Waals surface area (Å²) in [6.07, 6.45) is 3.30. The zero-order valence-electron chi connectivity index (χ0n) is 15.1. The Balaban J connectivity index is 1.85. The van der Waals surface area contributed by atoms with E-state index in [9.17, 15) is 9.90 Å². The van der Waals surface area contributed by atoms with Crippen molar-refractivity contribution in [2.24, 2.45) is 5.92 Å². The summed E-state index contributed by atoms with van der Waals surface area (Å²) < 4.78 is 18.3. The topological polar surface area (TPSA) is 80.9 Å². The number of aliphatic hydroxyl groups excluding tert-OH is 1. The minimum atomic E-state index is -0.758. The molecule has 1 aliphatic rings. The van der Waals surface area contributed by atoms with Crippen molar-refractivity contribution in [2.45, 2.75) is 50.8 Å².